The number of nitrogens with zero attached hydrogens (tertiary/aromatic N) is 3. The number of non-ortho nitro benzene ring substituents is 1. The van der Waals surface area contributed by atoms with Gasteiger partial charge >= 0.3 is 0 Å². The fraction of sp³-hybridized carbons (Fsp3) is 0.231. The van der Waals surface area contributed by atoms with E-state index >= 15 is 0 Å². The van der Waals surface area contributed by atoms with E-state index in [2.05, 4.69) is 15.4 Å². The van der Waals surface area contributed by atoms with Gasteiger partial charge in [-0.05, 0) is 13.3 Å². The number of aryl methyl sites for hydroxylation is 1. The first kappa shape index (κ1) is 13.9. The molecule has 0 amide bonds. The second kappa shape index (κ2) is 5.62. The van der Waals surface area contributed by atoms with E-state index in [0.29, 0.717) is 17.2 Å². The summed E-state index contributed by atoms with van der Waals surface area (Å²) < 4.78 is 0. The van der Waals surface area contributed by atoms with Gasteiger partial charge in [0.2, 0.25) is 0 Å². The molecule has 0 aliphatic carbocycles. The molecule has 0 atom stereocenters. The van der Waals surface area contributed by atoms with E-state index < -0.39 is 4.92 Å². The minimum Gasteiger partial charge on any atom is -0.308 e. The standard InChI is InChI=1S/C13H15N5O2/c1-3-11-8(2)12(17-14)16-13(15-11)9-5-4-6-10(7-9)18(19)20/h4-7H,3,14H2,1-2H3,(H,15,16,17). The van der Waals surface area contributed by atoms with Gasteiger partial charge in [0.25, 0.3) is 5.69 Å². The number of nitro groups is 1. The molecule has 2 aromatic rings. The number of aromatic nitrogens is 2. The van der Waals surface area contributed by atoms with Crippen LogP contribution in [0, 0.1) is 17.0 Å². The molecule has 20 heavy (non-hydrogen) atoms. The molecule has 0 bridgehead atoms. The van der Waals surface area contributed by atoms with Gasteiger partial charge in [0.05, 0.1) is 4.92 Å². The van der Waals surface area contributed by atoms with E-state index in [0.717, 1.165) is 17.7 Å². The van der Waals surface area contributed by atoms with Crippen LogP contribution in [0.15, 0.2) is 24.3 Å². The molecule has 0 unspecified atom stereocenters. The second-order valence-corrected chi connectivity index (χ2v) is 4.27. The number of hydrazine groups is 1. The first-order valence-corrected chi connectivity index (χ1v) is 6.15. The van der Waals surface area contributed by atoms with E-state index in [1.165, 1.54) is 12.1 Å². The Bertz CT molecular complexity index is 632. The summed E-state index contributed by atoms with van der Waals surface area (Å²) in [5.74, 6) is 6.40. The number of hydrogen-bond donors (Lipinski definition) is 2. The van der Waals surface area contributed by atoms with Crippen molar-refractivity contribution >= 4 is 11.5 Å². The molecule has 0 aliphatic heterocycles. The summed E-state index contributed by atoms with van der Waals surface area (Å²) in [6.07, 6.45) is 0.727. The van der Waals surface area contributed by atoms with Crippen molar-refractivity contribution in [2.24, 2.45) is 5.84 Å². The normalized spacial score (nSPS) is 10.3. The molecular formula is C13H15N5O2. The lowest BCUT2D eigenvalue weighted by molar-refractivity contribution is -0.384. The zero-order valence-corrected chi connectivity index (χ0v) is 11.3. The number of nitrogens with one attached hydrogen (secondary N) is 1. The Kier molecular flexibility index (Phi) is 3.90. The highest BCUT2D eigenvalue weighted by molar-refractivity contribution is 5.62. The molecule has 0 aliphatic rings. The van der Waals surface area contributed by atoms with Gasteiger partial charge in [-0.25, -0.2) is 15.8 Å². The Labute approximate surface area is 116 Å². The van der Waals surface area contributed by atoms with Crippen molar-refractivity contribution in [3.63, 3.8) is 0 Å². The third-order valence-corrected chi connectivity index (χ3v) is 3.03. The van der Waals surface area contributed by atoms with Crippen molar-refractivity contribution in [2.75, 3.05) is 5.43 Å². The van der Waals surface area contributed by atoms with Crippen molar-refractivity contribution in [2.45, 2.75) is 20.3 Å². The molecule has 2 rings (SSSR count). The quantitative estimate of drug-likeness (QED) is 0.502. The number of anilines is 1. The number of nitrogens with two attached hydrogens (primary N) is 1. The Morgan fingerprint density at radius 2 is 2.15 bits per heavy atom. The summed E-state index contributed by atoms with van der Waals surface area (Å²) in [6, 6.07) is 6.22. The van der Waals surface area contributed by atoms with E-state index in [-0.39, 0.29) is 5.69 Å². The van der Waals surface area contributed by atoms with E-state index in [1.54, 1.807) is 12.1 Å². The summed E-state index contributed by atoms with van der Waals surface area (Å²) in [5.41, 5.74) is 4.86. The van der Waals surface area contributed by atoms with Crippen LogP contribution in [0.4, 0.5) is 11.5 Å². The summed E-state index contributed by atoms with van der Waals surface area (Å²) in [4.78, 5) is 19.1. The van der Waals surface area contributed by atoms with Crippen LogP contribution in [0.1, 0.15) is 18.2 Å². The Morgan fingerprint density at radius 1 is 1.40 bits per heavy atom. The molecular weight excluding hydrogens is 258 g/mol. The number of nitrogen functional groups attached to an aromatic ring is 1. The zero-order valence-electron chi connectivity index (χ0n) is 11.3. The molecule has 1 heterocycles. The molecule has 3 N–H and O–H groups in total. The Balaban J connectivity index is 2.57. The van der Waals surface area contributed by atoms with Crippen molar-refractivity contribution < 1.29 is 4.92 Å². The Morgan fingerprint density at radius 3 is 2.75 bits per heavy atom. The number of hydrogen-bond acceptors (Lipinski definition) is 6. The Hall–Kier alpha value is -2.54. The molecule has 7 nitrogen and oxygen atoms in total. The molecule has 104 valence electrons. The topological polar surface area (TPSA) is 107 Å². The van der Waals surface area contributed by atoms with Gasteiger partial charge in [0.15, 0.2) is 5.82 Å². The SMILES string of the molecule is CCc1nc(-c2cccc([N+](=O)[O-])c2)nc(NN)c1C. The predicted molar refractivity (Wildman–Crippen MR) is 76.0 cm³/mol. The van der Waals surface area contributed by atoms with Gasteiger partial charge in [-0.15, -0.1) is 0 Å². The second-order valence-electron chi connectivity index (χ2n) is 4.27. The van der Waals surface area contributed by atoms with Crippen molar-refractivity contribution in [1.82, 2.24) is 9.97 Å². The maximum Gasteiger partial charge on any atom is 0.270 e. The summed E-state index contributed by atoms with van der Waals surface area (Å²) in [7, 11) is 0. The highest BCUT2D eigenvalue weighted by Crippen LogP contribution is 2.24. The van der Waals surface area contributed by atoms with Crippen LogP contribution in [-0.2, 0) is 6.42 Å². The van der Waals surface area contributed by atoms with Crippen molar-refractivity contribution in [3.05, 3.63) is 45.6 Å². The van der Waals surface area contributed by atoms with Gasteiger partial charge < -0.3 is 5.43 Å². The van der Waals surface area contributed by atoms with E-state index in [9.17, 15) is 10.1 Å². The van der Waals surface area contributed by atoms with Gasteiger partial charge in [-0.2, -0.15) is 0 Å². The largest absolute Gasteiger partial charge is 0.308 e. The lowest BCUT2D eigenvalue weighted by Crippen LogP contribution is -2.13. The summed E-state index contributed by atoms with van der Waals surface area (Å²) in [6.45, 7) is 3.86. The van der Waals surface area contributed by atoms with Gasteiger partial charge in [-0.1, -0.05) is 19.1 Å². The minimum absolute atomic E-state index is 0.00646. The molecule has 0 radical (unpaired) electrons. The molecule has 7 heteroatoms. The molecule has 1 aromatic heterocycles. The van der Waals surface area contributed by atoms with E-state index in [4.69, 9.17) is 5.84 Å². The highest BCUT2D eigenvalue weighted by atomic mass is 16.6. The predicted octanol–water partition coefficient (Wildman–Crippen LogP) is 2.21. The minimum atomic E-state index is -0.444. The van der Waals surface area contributed by atoms with Gasteiger partial charge in [0.1, 0.15) is 5.82 Å². The number of rotatable bonds is 4. The number of benzene rings is 1. The fourth-order valence-electron chi connectivity index (χ4n) is 1.94. The van der Waals surface area contributed by atoms with E-state index in [1.807, 2.05) is 13.8 Å². The highest BCUT2D eigenvalue weighted by Gasteiger charge is 2.13. The monoisotopic (exact) mass is 273 g/mol. The van der Waals surface area contributed by atoms with Gasteiger partial charge in [0, 0.05) is 29.0 Å². The van der Waals surface area contributed by atoms with Crippen LogP contribution in [0.5, 0.6) is 0 Å². The third-order valence-electron chi connectivity index (χ3n) is 3.03. The molecule has 0 saturated heterocycles. The smallest absolute Gasteiger partial charge is 0.270 e. The van der Waals surface area contributed by atoms with Crippen molar-refractivity contribution in [3.8, 4) is 11.4 Å². The summed E-state index contributed by atoms with van der Waals surface area (Å²) in [5, 5.41) is 10.8. The zero-order chi connectivity index (χ0) is 14.7. The first-order valence-electron chi connectivity index (χ1n) is 6.15. The maximum absolute atomic E-state index is 10.8. The average molecular weight is 273 g/mol. The lowest BCUT2D eigenvalue weighted by atomic mass is 10.1. The summed E-state index contributed by atoms with van der Waals surface area (Å²) >= 11 is 0. The average Bonchev–Trinajstić information content (AvgIpc) is 2.47. The van der Waals surface area contributed by atoms with Crippen LogP contribution in [0.3, 0.4) is 0 Å². The van der Waals surface area contributed by atoms with Crippen molar-refractivity contribution in [1.29, 1.82) is 0 Å². The maximum atomic E-state index is 10.8. The van der Waals surface area contributed by atoms with Crippen LogP contribution in [-0.4, -0.2) is 14.9 Å². The lowest BCUT2D eigenvalue weighted by Gasteiger charge is -2.10. The molecule has 0 spiro atoms. The van der Waals surface area contributed by atoms with Crippen LogP contribution >= 0.6 is 0 Å². The van der Waals surface area contributed by atoms with Crippen LogP contribution in [0.2, 0.25) is 0 Å². The fourth-order valence-corrected chi connectivity index (χ4v) is 1.94. The molecule has 0 fully saturated rings. The molecule has 1 aromatic carbocycles. The third kappa shape index (κ3) is 2.57. The first-order chi connectivity index (χ1) is 9.56. The van der Waals surface area contributed by atoms with Gasteiger partial charge in [-0.3, -0.25) is 10.1 Å². The molecule has 0 saturated carbocycles. The number of nitro benzene ring substituents is 1. The van der Waals surface area contributed by atoms with Crippen LogP contribution in [0.25, 0.3) is 11.4 Å². The van der Waals surface area contributed by atoms with Crippen LogP contribution < -0.4 is 11.3 Å².